The number of nitrogens with zero attached hydrogens (tertiary/aromatic N) is 1. The Kier molecular flexibility index (Phi) is 6.53. The number of hydrogen-bond donors (Lipinski definition) is 1. The lowest BCUT2D eigenvalue weighted by molar-refractivity contribution is -0.123. The number of rotatable bonds is 6. The molecule has 0 atom stereocenters. The highest BCUT2D eigenvalue weighted by Crippen LogP contribution is 2.38. The number of ether oxygens (including phenoxy) is 2. The SMILES string of the molecule is COc1cc(Br)cc(Br)c1OCC(=O)N/N=C\c1c2ccccc2cc2ccccc12. The van der Waals surface area contributed by atoms with Gasteiger partial charge in [0.25, 0.3) is 5.91 Å². The van der Waals surface area contributed by atoms with Crippen molar-refractivity contribution in [2.45, 2.75) is 0 Å². The van der Waals surface area contributed by atoms with Crippen LogP contribution in [0, 0.1) is 0 Å². The lowest BCUT2D eigenvalue weighted by Gasteiger charge is -2.12. The summed E-state index contributed by atoms with van der Waals surface area (Å²) in [6.07, 6.45) is 1.68. The van der Waals surface area contributed by atoms with E-state index >= 15 is 0 Å². The van der Waals surface area contributed by atoms with E-state index in [0.717, 1.165) is 31.6 Å². The predicted molar refractivity (Wildman–Crippen MR) is 131 cm³/mol. The Labute approximate surface area is 196 Å². The molecule has 0 aliphatic heterocycles. The Morgan fingerprint density at radius 3 is 2.29 bits per heavy atom. The topological polar surface area (TPSA) is 59.9 Å². The van der Waals surface area contributed by atoms with Crippen molar-refractivity contribution in [3.63, 3.8) is 0 Å². The van der Waals surface area contributed by atoms with Crippen LogP contribution in [-0.4, -0.2) is 25.8 Å². The fraction of sp³-hybridized carbons (Fsp3) is 0.0833. The van der Waals surface area contributed by atoms with Gasteiger partial charge in [0.05, 0.1) is 17.8 Å². The normalized spacial score (nSPS) is 11.2. The summed E-state index contributed by atoms with van der Waals surface area (Å²) >= 11 is 6.82. The van der Waals surface area contributed by atoms with Crippen molar-refractivity contribution in [3.05, 3.63) is 81.2 Å². The molecule has 0 saturated carbocycles. The first kappa shape index (κ1) is 21.3. The van der Waals surface area contributed by atoms with E-state index in [-0.39, 0.29) is 12.5 Å². The molecule has 156 valence electrons. The van der Waals surface area contributed by atoms with Crippen LogP contribution in [0.4, 0.5) is 0 Å². The van der Waals surface area contributed by atoms with Gasteiger partial charge in [-0.1, -0.05) is 64.5 Å². The molecule has 0 aliphatic rings. The van der Waals surface area contributed by atoms with Crippen LogP contribution in [0.25, 0.3) is 21.5 Å². The van der Waals surface area contributed by atoms with Gasteiger partial charge in [0.1, 0.15) is 0 Å². The maximum absolute atomic E-state index is 12.3. The number of fused-ring (bicyclic) bond motifs is 2. The van der Waals surface area contributed by atoms with Gasteiger partial charge in [0.15, 0.2) is 18.1 Å². The second-order valence-corrected chi connectivity index (χ2v) is 8.50. The largest absolute Gasteiger partial charge is 0.493 e. The van der Waals surface area contributed by atoms with E-state index in [9.17, 15) is 4.79 Å². The summed E-state index contributed by atoms with van der Waals surface area (Å²) in [6, 6.07) is 22.0. The number of hydrogen-bond acceptors (Lipinski definition) is 4. The van der Waals surface area contributed by atoms with Crippen LogP contribution < -0.4 is 14.9 Å². The zero-order valence-corrected chi connectivity index (χ0v) is 19.7. The Bertz CT molecular complexity index is 1250. The van der Waals surface area contributed by atoms with Crippen molar-refractivity contribution in [1.29, 1.82) is 0 Å². The fourth-order valence-electron chi connectivity index (χ4n) is 3.36. The van der Waals surface area contributed by atoms with Crippen LogP contribution in [0.1, 0.15) is 5.56 Å². The lowest BCUT2D eigenvalue weighted by atomic mass is 9.97. The monoisotopic (exact) mass is 540 g/mol. The van der Waals surface area contributed by atoms with Crippen LogP contribution in [0.5, 0.6) is 11.5 Å². The fourth-order valence-corrected chi connectivity index (χ4v) is 4.66. The maximum atomic E-state index is 12.3. The average molecular weight is 542 g/mol. The third-order valence-corrected chi connectivity index (χ3v) is 5.78. The number of carbonyl (C=O) groups is 1. The Morgan fingerprint density at radius 2 is 1.65 bits per heavy atom. The first-order valence-electron chi connectivity index (χ1n) is 9.45. The molecule has 0 fully saturated rings. The van der Waals surface area contributed by atoms with Gasteiger partial charge >= 0.3 is 0 Å². The number of benzene rings is 4. The first-order chi connectivity index (χ1) is 15.1. The van der Waals surface area contributed by atoms with Crippen LogP contribution in [-0.2, 0) is 4.79 Å². The highest BCUT2D eigenvalue weighted by Gasteiger charge is 2.13. The van der Waals surface area contributed by atoms with Gasteiger partial charge in [-0.2, -0.15) is 5.10 Å². The molecule has 4 aromatic carbocycles. The summed E-state index contributed by atoms with van der Waals surface area (Å²) in [4.78, 5) is 12.3. The molecule has 0 aliphatic carbocycles. The summed E-state index contributed by atoms with van der Waals surface area (Å²) < 4.78 is 12.5. The molecular weight excluding hydrogens is 524 g/mol. The maximum Gasteiger partial charge on any atom is 0.277 e. The van der Waals surface area contributed by atoms with Crippen molar-refractivity contribution in [1.82, 2.24) is 5.43 Å². The summed E-state index contributed by atoms with van der Waals surface area (Å²) in [5.74, 6) is 0.585. The smallest absolute Gasteiger partial charge is 0.277 e. The predicted octanol–water partition coefficient (Wildman–Crippen LogP) is 6.06. The molecular formula is C24H18Br2N2O3. The van der Waals surface area contributed by atoms with Crippen molar-refractivity contribution in [3.8, 4) is 11.5 Å². The molecule has 4 rings (SSSR count). The first-order valence-corrected chi connectivity index (χ1v) is 11.0. The second-order valence-electron chi connectivity index (χ2n) is 6.73. The van der Waals surface area contributed by atoms with Crippen LogP contribution in [0.15, 0.2) is 80.8 Å². The standard InChI is InChI=1S/C24H18Br2N2O3/c1-30-22-12-17(25)11-21(26)24(22)31-14-23(29)28-27-13-20-18-8-4-2-6-15(18)10-16-7-3-5-9-19(16)20/h2-13H,14H2,1H3,(H,28,29)/b27-13-. The number of amides is 1. The Morgan fingerprint density at radius 1 is 1.00 bits per heavy atom. The van der Waals surface area contributed by atoms with E-state index in [1.165, 1.54) is 0 Å². The van der Waals surface area contributed by atoms with E-state index in [1.807, 2.05) is 42.5 Å². The molecule has 0 aromatic heterocycles. The molecule has 7 heteroatoms. The van der Waals surface area contributed by atoms with E-state index in [4.69, 9.17) is 9.47 Å². The molecule has 0 unspecified atom stereocenters. The zero-order valence-electron chi connectivity index (χ0n) is 16.6. The molecule has 1 amide bonds. The van der Waals surface area contributed by atoms with Gasteiger partial charge < -0.3 is 9.47 Å². The van der Waals surface area contributed by atoms with Gasteiger partial charge in [0, 0.05) is 10.0 Å². The molecule has 1 N–H and O–H groups in total. The van der Waals surface area contributed by atoms with Crippen molar-refractivity contribution < 1.29 is 14.3 Å². The van der Waals surface area contributed by atoms with Crippen molar-refractivity contribution >= 4 is 65.5 Å². The summed E-state index contributed by atoms with van der Waals surface area (Å²) in [5, 5.41) is 8.55. The number of nitrogens with one attached hydrogen (secondary N) is 1. The minimum atomic E-state index is -0.377. The molecule has 5 nitrogen and oxygen atoms in total. The highest BCUT2D eigenvalue weighted by atomic mass is 79.9. The van der Waals surface area contributed by atoms with Crippen molar-refractivity contribution in [2.24, 2.45) is 5.10 Å². The highest BCUT2D eigenvalue weighted by molar-refractivity contribution is 9.11. The minimum absolute atomic E-state index is 0.204. The number of halogens is 2. The second kappa shape index (κ2) is 9.49. The summed E-state index contributed by atoms with van der Waals surface area (Å²) in [7, 11) is 1.54. The number of hydrazone groups is 1. The van der Waals surface area contributed by atoms with Gasteiger partial charge in [-0.25, -0.2) is 5.43 Å². The van der Waals surface area contributed by atoms with Crippen LogP contribution in [0.3, 0.4) is 0 Å². The van der Waals surface area contributed by atoms with Gasteiger partial charge in [-0.15, -0.1) is 0 Å². The molecule has 0 heterocycles. The third kappa shape index (κ3) is 4.73. The third-order valence-electron chi connectivity index (χ3n) is 4.74. The van der Waals surface area contributed by atoms with Gasteiger partial charge in [-0.05, 0) is 55.7 Å². The quantitative estimate of drug-likeness (QED) is 0.183. The van der Waals surface area contributed by atoms with Gasteiger partial charge in [0.2, 0.25) is 0 Å². The zero-order chi connectivity index (χ0) is 21.8. The number of methoxy groups -OCH3 is 1. The molecule has 31 heavy (non-hydrogen) atoms. The van der Waals surface area contributed by atoms with Crippen LogP contribution in [0.2, 0.25) is 0 Å². The molecule has 0 saturated heterocycles. The van der Waals surface area contributed by atoms with E-state index in [0.29, 0.717) is 16.0 Å². The molecule has 0 bridgehead atoms. The minimum Gasteiger partial charge on any atom is -0.493 e. The Balaban J connectivity index is 1.52. The van der Waals surface area contributed by atoms with E-state index in [1.54, 1.807) is 19.4 Å². The van der Waals surface area contributed by atoms with Crippen LogP contribution >= 0.6 is 31.9 Å². The van der Waals surface area contributed by atoms with E-state index < -0.39 is 0 Å². The number of carbonyl (C=O) groups excluding carboxylic acids is 1. The summed E-state index contributed by atoms with van der Waals surface area (Å²) in [6.45, 7) is -0.204. The van der Waals surface area contributed by atoms with E-state index in [2.05, 4.69) is 60.6 Å². The van der Waals surface area contributed by atoms with Gasteiger partial charge in [-0.3, -0.25) is 4.79 Å². The summed E-state index contributed by atoms with van der Waals surface area (Å²) in [5.41, 5.74) is 3.49. The van der Waals surface area contributed by atoms with Crippen molar-refractivity contribution in [2.75, 3.05) is 13.7 Å². The Hall–Kier alpha value is -2.90. The molecule has 4 aromatic rings. The molecule has 0 spiro atoms. The lowest BCUT2D eigenvalue weighted by Crippen LogP contribution is -2.24. The molecule has 0 radical (unpaired) electrons. The average Bonchev–Trinajstić information content (AvgIpc) is 2.77.